The molecule has 1 nitrogen and oxygen atoms in total. The number of nitrogens with one attached hydrogen (secondary N) is 1. The summed E-state index contributed by atoms with van der Waals surface area (Å²) in [6.07, 6.45) is 6.21. The van der Waals surface area contributed by atoms with E-state index in [0.717, 1.165) is 19.4 Å². The molecule has 0 aliphatic rings. The molecule has 1 atom stereocenters. The lowest BCUT2D eigenvalue weighted by atomic mass is 10.0. The van der Waals surface area contributed by atoms with Gasteiger partial charge in [-0.05, 0) is 36.9 Å². The highest BCUT2D eigenvalue weighted by Crippen LogP contribution is 2.17. The summed E-state index contributed by atoms with van der Waals surface area (Å²) in [6.45, 7) is 7.85. The Labute approximate surface area is 107 Å². The molecule has 0 aliphatic heterocycles. The summed E-state index contributed by atoms with van der Waals surface area (Å²) >= 11 is 0. The van der Waals surface area contributed by atoms with Crippen molar-refractivity contribution in [2.45, 2.75) is 58.9 Å². The van der Waals surface area contributed by atoms with Crippen LogP contribution in [0.25, 0.3) is 0 Å². The van der Waals surface area contributed by atoms with Gasteiger partial charge in [-0.25, -0.2) is 0 Å². The fourth-order valence-electron chi connectivity index (χ4n) is 2.13. The molecule has 0 fully saturated rings. The maximum atomic E-state index is 3.66. The van der Waals surface area contributed by atoms with E-state index in [9.17, 15) is 0 Å². The Bertz CT molecular complexity index is 289. The number of benzene rings is 1. The second kappa shape index (κ2) is 8.30. The van der Waals surface area contributed by atoms with Gasteiger partial charge in [-0.2, -0.15) is 0 Å². The molecule has 1 aromatic rings. The molecule has 1 unspecified atom stereocenters. The van der Waals surface area contributed by atoms with Crippen molar-refractivity contribution in [2.75, 3.05) is 6.54 Å². The lowest BCUT2D eigenvalue weighted by molar-refractivity contribution is 0.501. The molecule has 1 heteroatoms. The van der Waals surface area contributed by atoms with Crippen LogP contribution >= 0.6 is 0 Å². The SMILES string of the molecule is CCCCCNC(CC)c1ccc(CC)cc1. The Morgan fingerprint density at radius 2 is 1.71 bits per heavy atom. The van der Waals surface area contributed by atoms with E-state index in [4.69, 9.17) is 0 Å². The molecule has 0 aliphatic carbocycles. The summed E-state index contributed by atoms with van der Waals surface area (Å²) in [5.41, 5.74) is 2.86. The molecule has 0 amide bonds. The predicted octanol–water partition coefficient (Wildman–Crippen LogP) is 4.48. The van der Waals surface area contributed by atoms with Gasteiger partial charge in [-0.3, -0.25) is 0 Å². The van der Waals surface area contributed by atoms with E-state index in [2.05, 4.69) is 50.4 Å². The first kappa shape index (κ1) is 14.2. The van der Waals surface area contributed by atoms with Gasteiger partial charge in [0.25, 0.3) is 0 Å². The van der Waals surface area contributed by atoms with Crippen LogP contribution < -0.4 is 5.32 Å². The van der Waals surface area contributed by atoms with Gasteiger partial charge in [-0.1, -0.05) is 57.9 Å². The van der Waals surface area contributed by atoms with E-state index >= 15 is 0 Å². The quantitative estimate of drug-likeness (QED) is 0.653. The predicted molar refractivity (Wildman–Crippen MR) is 76.4 cm³/mol. The Hall–Kier alpha value is -0.820. The van der Waals surface area contributed by atoms with Crippen molar-refractivity contribution < 1.29 is 0 Å². The highest BCUT2D eigenvalue weighted by atomic mass is 14.9. The molecule has 17 heavy (non-hydrogen) atoms. The summed E-state index contributed by atoms with van der Waals surface area (Å²) in [5, 5.41) is 3.66. The molecule has 1 rings (SSSR count). The minimum absolute atomic E-state index is 0.526. The average molecular weight is 233 g/mol. The van der Waals surface area contributed by atoms with E-state index < -0.39 is 0 Å². The molecule has 0 spiro atoms. The minimum Gasteiger partial charge on any atom is -0.310 e. The average Bonchev–Trinajstić information content (AvgIpc) is 2.39. The third-order valence-corrected chi connectivity index (χ3v) is 3.37. The number of hydrogen-bond donors (Lipinski definition) is 1. The second-order valence-corrected chi connectivity index (χ2v) is 4.72. The highest BCUT2D eigenvalue weighted by molar-refractivity contribution is 5.24. The van der Waals surface area contributed by atoms with Gasteiger partial charge in [0.1, 0.15) is 0 Å². The van der Waals surface area contributed by atoms with E-state index in [1.807, 2.05) is 0 Å². The lowest BCUT2D eigenvalue weighted by Crippen LogP contribution is -2.21. The van der Waals surface area contributed by atoms with Crippen molar-refractivity contribution >= 4 is 0 Å². The van der Waals surface area contributed by atoms with Crippen LogP contribution in [0.1, 0.15) is 63.6 Å². The van der Waals surface area contributed by atoms with Crippen molar-refractivity contribution in [3.63, 3.8) is 0 Å². The fourth-order valence-corrected chi connectivity index (χ4v) is 2.13. The van der Waals surface area contributed by atoms with Crippen LogP contribution in [0.3, 0.4) is 0 Å². The van der Waals surface area contributed by atoms with Gasteiger partial charge in [0.2, 0.25) is 0 Å². The molecule has 0 saturated heterocycles. The fraction of sp³-hybridized carbons (Fsp3) is 0.625. The molecule has 0 saturated carbocycles. The van der Waals surface area contributed by atoms with E-state index in [1.165, 1.54) is 30.4 Å². The van der Waals surface area contributed by atoms with E-state index in [-0.39, 0.29) is 0 Å². The van der Waals surface area contributed by atoms with Crippen LogP contribution in [0.15, 0.2) is 24.3 Å². The zero-order chi connectivity index (χ0) is 12.5. The Balaban J connectivity index is 2.47. The molecular weight excluding hydrogens is 206 g/mol. The van der Waals surface area contributed by atoms with Crippen molar-refractivity contribution in [2.24, 2.45) is 0 Å². The van der Waals surface area contributed by atoms with Gasteiger partial charge in [0.15, 0.2) is 0 Å². The first-order valence-corrected chi connectivity index (χ1v) is 7.14. The van der Waals surface area contributed by atoms with Crippen LogP contribution in [-0.4, -0.2) is 6.54 Å². The van der Waals surface area contributed by atoms with Crippen LogP contribution in [0.2, 0.25) is 0 Å². The number of rotatable bonds is 8. The van der Waals surface area contributed by atoms with Gasteiger partial charge in [0.05, 0.1) is 0 Å². The van der Waals surface area contributed by atoms with Crippen molar-refractivity contribution in [1.82, 2.24) is 5.32 Å². The molecule has 0 bridgehead atoms. The second-order valence-electron chi connectivity index (χ2n) is 4.72. The molecule has 0 radical (unpaired) electrons. The molecule has 0 heterocycles. The first-order valence-electron chi connectivity index (χ1n) is 7.14. The lowest BCUT2D eigenvalue weighted by Gasteiger charge is -2.17. The van der Waals surface area contributed by atoms with Crippen molar-refractivity contribution in [3.8, 4) is 0 Å². The first-order chi connectivity index (χ1) is 8.31. The van der Waals surface area contributed by atoms with Crippen LogP contribution in [-0.2, 0) is 6.42 Å². The monoisotopic (exact) mass is 233 g/mol. The van der Waals surface area contributed by atoms with Crippen molar-refractivity contribution in [3.05, 3.63) is 35.4 Å². The number of aryl methyl sites for hydroxylation is 1. The molecule has 1 aromatic carbocycles. The third kappa shape index (κ3) is 4.91. The van der Waals surface area contributed by atoms with E-state index in [1.54, 1.807) is 0 Å². The topological polar surface area (TPSA) is 12.0 Å². The maximum absolute atomic E-state index is 3.66. The molecular formula is C16H27N. The Morgan fingerprint density at radius 3 is 2.24 bits per heavy atom. The number of hydrogen-bond acceptors (Lipinski definition) is 1. The molecule has 96 valence electrons. The van der Waals surface area contributed by atoms with Crippen LogP contribution in [0, 0.1) is 0 Å². The highest BCUT2D eigenvalue weighted by Gasteiger charge is 2.07. The largest absolute Gasteiger partial charge is 0.310 e. The normalized spacial score (nSPS) is 12.6. The zero-order valence-corrected chi connectivity index (χ0v) is 11.6. The summed E-state index contributed by atoms with van der Waals surface area (Å²) in [5.74, 6) is 0. The standard InChI is InChI=1S/C16H27N/c1-4-7-8-13-17-16(6-3)15-11-9-14(5-2)10-12-15/h9-12,16-17H,4-8,13H2,1-3H3. The smallest absolute Gasteiger partial charge is 0.0317 e. The van der Waals surface area contributed by atoms with Gasteiger partial charge in [0, 0.05) is 6.04 Å². The maximum Gasteiger partial charge on any atom is 0.0317 e. The Kier molecular flexibility index (Phi) is 6.95. The van der Waals surface area contributed by atoms with Crippen molar-refractivity contribution in [1.29, 1.82) is 0 Å². The Morgan fingerprint density at radius 1 is 1.00 bits per heavy atom. The molecule has 1 N–H and O–H groups in total. The van der Waals surface area contributed by atoms with Crippen LogP contribution in [0.5, 0.6) is 0 Å². The van der Waals surface area contributed by atoms with Gasteiger partial charge >= 0.3 is 0 Å². The van der Waals surface area contributed by atoms with E-state index in [0.29, 0.717) is 6.04 Å². The zero-order valence-electron chi connectivity index (χ0n) is 11.6. The minimum atomic E-state index is 0.526. The van der Waals surface area contributed by atoms with Gasteiger partial charge in [-0.15, -0.1) is 0 Å². The third-order valence-electron chi connectivity index (χ3n) is 3.37. The summed E-state index contributed by atoms with van der Waals surface area (Å²) in [4.78, 5) is 0. The summed E-state index contributed by atoms with van der Waals surface area (Å²) in [7, 11) is 0. The summed E-state index contributed by atoms with van der Waals surface area (Å²) in [6, 6.07) is 9.59. The number of unbranched alkanes of at least 4 members (excludes halogenated alkanes) is 2. The van der Waals surface area contributed by atoms with Crippen LogP contribution in [0.4, 0.5) is 0 Å². The molecule has 0 aromatic heterocycles. The van der Waals surface area contributed by atoms with Gasteiger partial charge < -0.3 is 5.32 Å². The summed E-state index contributed by atoms with van der Waals surface area (Å²) < 4.78 is 0.